The van der Waals surface area contributed by atoms with Gasteiger partial charge in [0.15, 0.2) is 18.0 Å². The number of aliphatic hydroxyl groups excluding tert-OH is 4. The summed E-state index contributed by atoms with van der Waals surface area (Å²) in [6, 6.07) is 21.8. The Morgan fingerprint density at radius 1 is 0.741 bits per heavy atom. The van der Waals surface area contributed by atoms with Gasteiger partial charge in [0, 0.05) is 6.42 Å². The topological polar surface area (TPSA) is 247 Å². The van der Waals surface area contributed by atoms with Crippen LogP contribution >= 0.6 is 11.8 Å². The number of Topliss-reactive ketones (excluding diaryl/α,β-unsaturated/α-hetero) is 1. The maximum absolute atomic E-state index is 13.5. The number of nitrogens with two attached hydrogens (primary N) is 1. The molecular formula is C42H56N4O11S. The molecule has 0 saturated heterocycles. The van der Waals surface area contributed by atoms with E-state index in [0.717, 1.165) is 11.1 Å². The molecule has 3 amide bonds. The Balaban J connectivity index is 1.63. The number of thioether (sulfide) groups is 1. The van der Waals surface area contributed by atoms with Crippen LogP contribution in [0.3, 0.4) is 0 Å². The van der Waals surface area contributed by atoms with Crippen LogP contribution in [0.15, 0.2) is 91.0 Å². The molecule has 9 N–H and O–H groups in total. The Morgan fingerprint density at radius 3 is 1.78 bits per heavy atom. The van der Waals surface area contributed by atoms with E-state index in [4.69, 9.17) is 15.2 Å². The number of carbonyl (C=O) groups is 5. The van der Waals surface area contributed by atoms with E-state index in [1.807, 2.05) is 66.9 Å². The van der Waals surface area contributed by atoms with Gasteiger partial charge in [-0.25, -0.2) is 4.79 Å². The largest absolute Gasteiger partial charge is 0.452 e. The summed E-state index contributed by atoms with van der Waals surface area (Å²) in [6.45, 7) is 4.13. The van der Waals surface area contributed by atoms with E-state index in [1.165, 1.54) is 11.8 Å². The van der Waals surface area contributed by atoms with Crippen molar-refractivity contribution in [2.45, 2.75) is 101 Å². The fraction of sp³-hybridized carbons (Fsp3) is 0.452. The average Bonchev–Trinajstić information content (AvgIpc) is 3.21. The molecule has 0 spiro atoms. The van der Waals surface area contributed by atoms with Crippen molar-refractivity contribution < 1.29 is 53.9 Å². The summed E-state index contributed by atoms with van der Waals surface area (Å²) >= 11 is 1.48. The average molecular weight is 825 g/mol. The second-order valence-electron chi connectivity index (χ2n) is 14.7. The molecule has 0 radical (unpaired) electrons. The van der Waals surface area contributed by atoms with Gasteiger partial charge in [-0.2, -0.15) is 11.8 Å². The van der Waals surface area contributed by atoms with Crippen molar-refractivity contribution in [3.8, 4) is 0 Å². The minimum absolute atomic E-state index is 0.168. The van der Waals surface area contributed by atoms with Crippen molar-refractivity contribution in [2.75, 3.05) is 18.6 Å². The van der Waals surface area contributed by atoms with E-state index in [2.05, 4.69) is 16.0 Å². The van der Waals surface area contributed by atoms with Gasteiger partial charge >= 0.3 is 12.1 Å². The zero-order chi connectivity index (χ0) is 42.8. The molecule has 16 heteroatoms. The molecule has 0 bridgehead atoms. The smallest absolute Gasteiger partial charge is 0.408 e. The Labute approximate surface area is 343 Å². The molecule has 0 aliphatic carbocycles. The molecular weight excluding hydrogens is 769 g/mol. The maximum atomic E-state index is 13.5. The number of carbonyl (C=O) groups excluding carboxylic acids is 5. The molecule has 0 aliphatic rings. The molecule has 58 heavy (non-hydrogen) atoms. The Morgan fingerprint density at radius 2 is 1.28 bits per heavy atom. The van der Waals surface area contributed by atoms with Crippen molar-refractivity contribution in [3.63, 3.8) is 0 Å². The van der Waals surface area contributed by atoms with Crippen molar-refractivity contribution >= 4 is 41.4 Å². The third-order valence-electron chi connectivity index (χ3n) is 8.95. The number of aliphatic hydroxyl groups is 4. The van der Waals surface area contributed by atoms with Crippen LogP contribution in [0.5, 0.6) is 0 Å². The van der Waals surface area contributed by atoms with Gasteiger partial charge in [-0.05, 0) is 62.3 Å². The summed E-state index contributed by atoms with van der Waals surface area (Å²) in [6.07, 6.45) is -6.69. The molecule has 3 aromatic rings. The van der Waals surface area contributed by atoms with E-state index in [-0.39, 0.29) is 25.0 Å². The van der Waals surface area contributed by atoms with Gasteiger partial charge in [0.2, 0.25) is 5.91 Å². The van der Waals surface area contributed by atoms with Gasteiger partial charge < -0.3 is 51.6 Å². The van der Waals surface area contributed by atoms with Crippen LogP contribution in [-0.4, -0.2) is 111 Å². The summed E-state index contributed by atoms with van der Waals surface area (Å²) < 4.78 is 11.2. The number of ether oxygens (including phenoxy) is 2. The number of hydrogen-bond donors (Lipinski definition) is 8. The number of ketones is 1. The summed E-state index contributed by atoms with van der Waals surface area (Å²) in [5.74, 6) is -2.57. The maximum Gasteiger partial charge on any atom is 0.408 e. The summed E-state index contributed by atoms with van der Waals surface area (Å²) in [5, 5.41) is 50.0. The Bertz CT molecular complexity index is 1710. The molecule has 3 aromatic carbocycles. The lowest BCUT2D eigenvalue weighted by atomic mass is 9.98. The number of benzene rings is 3. The van der Waals surface area contributed by atoms with Crippen LogP contribution in [0, 0.1) is 0 Å². The van der Waals surface area contributed by atoms with Crippen molar-refractivity contribution in [1.29, 1.82) is 0 Å². The first-order valence-electron chi connectivity index (χ1n) is 18.9. The van der Waals surface area contributed by atoms with E-state index in [0.29, 0.717) is 17.7 Å². The monoisotopic (exact) mass is 824 g/mol. The number of amides is 3. The lowest BCUT2D eigenvalue weighted by Gasteiger charge is -2.30. The highest BCUT2D eigenvalue weighted by Gasteiger charge is 2.37. The fourth-order valence-corrected chi connectivity index (χ4v) is 6.31. The highest BCUT2D eigenvalue weighted by Crippen LogP contribution is 2.28. The van der Waals surface area contributed by atoms with Crippen LogP contribution < -0.4 is 21.7 Å². The normalized spacial score (nSPS) is 15.1. The SMILES string of the molecule is CSCC[C@H](NC(=O)OC(C)(C)C)C(=O)CC[C@H](N)C(=O)N[C@@H](CO)[C@@H](O)[C@@H](O)[C@H](O)C(=O)N[C@@H](CC(=O)OC(c1ccccc1)c1ccccc1)c1ccccc1. The zero-order valence-corrected chi connectivity index (χ0v) is 34.0. The van der Waals surface area contributed by atoms with E-state index >= 15 is 0 Å². The molecule has 0 saturated carbocycles. The van der Waals surface area contributed by atoms with E-state index in [1.54, 1.807) is 51.1 Å². The summed E-state index contributed by atoms with van der Waals surface area (Å²) in [4.78, 5) is 65.1. The van der Waals surface area contributed by atoms with Gasteiger partial charge in [-0.1, -0.05) is 91.0 Å². The number of esters is 1. The fourth-order valence-electron chi connectivity index (χ4n) is 5.84. The lowest BCUT2D eigenvalue weighted by molar-refractivity contribution is -0.149. The third kappa shape index (κ3) is 15.5. The molecule has 0 unspecified atom stereocenters. The van der Waals surface area contributed by atoms with Crippen molar-refractivity contribution in [3.05, 3.63) is 108 Å². The second kappa shape index (κ2) is 23.5. The summed E-state index contributed by atoms with van der Waals surface area (Å²) in [5.41, 5.74) is 7.17. The van der Waals surface area contributed by atoms with Crippen LogP contribution in [-0.2, 0) is 28.7 Å². The molecule has 0 fully saturated rings. The number of rotatable bonds is 22. The first-order chi connectivity index (χ1) is 27.5. The number of hydrogen-bond acceptors (Lipinski definition) is 13. The molecule has 3 rings (SSSR count). The minimum atomic E-state index is -2.29. The predicted octanol–water partition coefficient (Wildman–Crippen LogP) is 2.45. The quantitative estimate of drug-likeness (QED) is 0.0680. The molecule has 0 aliphatic heterocycles. The van der Waals surface area contributed by atoms with Crippen LogP contribution in [0.2, 0.25) is 0 Å². The Kier molecular flexibility index (Phi) is 19.3. The minimum Gasteiger partial charge on any atom is -0.452 e. The predicted molar refractivity (Wildman–Crippen MR) is 218 cm³/mol. The van der Waals surface area contributed by atoms with Crippen LogP contribution in [0.1, 0.15) is 75.3 Å². The van der Waals surface area contributed by atoms with Crippen molar-refractivity contribution in [1.82, 2.24) is 16.0 Å². The zero-order valence-electron chi connectivity index (χ0n) is 33.2. The van der Waals surface area contributed by atoms with Crippen LogP contribution in [0.25, 0.3) is 0 Å². The molecule has 7 atom stereocenters. The highest BCUT2D eigenvalue weighted by atomic mass is 32.2. The van der Waals surface area contributed by atoms with E-state index in [9.17, 15) is 44.4 Å². The molecule has 15 nitrogen and oxygen atoms in total. The molecule has 0 aromatic heterocycles. The van der Waals surface area contributed by atoms with E-state index < -0.39 is 84.7 Å². The number of nitrogens with one attached hydrogen (secondary N) is 3. The van der Waals surface area contributed by atoms with Gasteiger partial charge in [-0.15, -0.1) is 0 Å². The van der Waals surface area contributed by atoms with Gasteiger partial charge in [0.1, 0.15) is 17.8 Å². The van der Waals surface area contributed by atoms with Gasteiger partial charge in [0.25, 0.3) is 5.91 Å². The number of alkyl carbamates (subject to hydrolysis) is 1. The Hall–Kier alpha value is -4.84. The third-order valence-corrected chi connectivity index (χ3v) is 9.59. The van der Waals surface area contributed by atoms with Crippen molar-refractivity contribution in [2.24, 2.45) is 5.73 Å². The molecule has 316 valence electrons. The van der Waals surface area contributed by atoms with Gasteiger partial charge in [-0.3, -0.25) is 19.2 Å². The first kappa shape index (κ1) is 47.5. The first-order valence-corrected chi connectivity index (χ1v) is 20.3. The standard InChI is InChI=1S/C42H56N4O11S/c1-42(2,3)57-41(55)46-30(22-23-58-4)33(48)21-20-29(43)39(53)45-32(25-47)35(50)36(51)37(52)40(54)44-31(26-14-8-5-9-15-26)24-34(49)56-38(27-16-10-6-11-17-27)28-18-12-7-13-19-28/h5-19,29-32,35-38,47,50-52H,20-25,43H2,1-4H3,(H,44,54)(H,45,53)(H,46,55)/t29-,30-,31-,32-,35+,36+,37-/m0/s1. The molecule has 0 heterocycles. The summed E-state index contributed by atoms with van der Waals surface area (Å²) in [7, 11) is 0. The lowest BCUT2D eigenvalue weighted by Crippen LogP contribution is -2.58. The highest BCUT2D eigenvalue weighted by molar-refractivity contribution is 7.98. The van der Waals surface area contributed by atoms with Crippen LogP contribution in [0.4, 0.5) is 4.79 Å². The second-order valence-corrected chi connectivity index (χ2v) is 15.7. The van der Waals surface area contributed by atoms with Gasteiger partial charge in [0.05, 0.1) is 37.2 Å².